The van der Waals surface area contributed by atoms with Gasteiger partial charge in [-0.05, 0) is 58.0 Å². The Morgan fingerprint density at radius 2 is 1.76 bits per heavy atom. The summed E-state index contributed by atoms with van der Waals surface area (Å²) < 4.78 is 2.39. The van der Waals surface area contributed by atoms with Crippen LogP contribution in [0.3, 0.4) is 0 Å². The zero-order valence-electron chi connectivity index (χ0n) is 10.8. The van der Waals surface area contributed by atoms with Crippen molar-refractivity contribution in [3.8, 4) is 0 Å². The van der Waals surface area contributed by atoms with Crippen molar-refractivity contribution in [2.24, 2.45) is 0 Å². The minimum Gasteiger partial charge on any atom is -0.350 e. The standard InChI is InChI=1S/C14H23N3/c1-15-8-5-7-14(15)17-11-4-6-13(12-17)16-9-2-3-10-16/h2-3,9-10,13-14H,4-8,11-12H2,1H3. The van der Waals surface area contributed by atoms with Crippen molar-refractivity contribution in [1.82, 2.24) is 14.4 Å². The molecule has 2 aliphatic heterocycles. The van der Waals surface area contributed by atoms with Gasteiger partial charge in [0.2, 0.25) is 0 Å². The molecule has 3 nitrogen and oxygen atoms in total. The maximum absolute atomic E-state index is 2.70. The van der Waals surface area contributed by atoms with Crippen LogP contribution >= 0.6 is 0 Å². The first-order valence-corrected chi connectivity index (χ1v) is 6.91. The maximum atomic E-state index is 2.70. The summed E-state index contributed by atoms with van der Waals surface area (Å²) in [5.74, 6) is 0. The highest BCUT2D eigenvalue weighted by atomic mass is 15.4. The minimum atomic E-state index is 0.688. The van der Waals surface area contributed by atoms with Crippen LogP contribution in [0.2, 0.25) is 0 Å². The van der Waals surface area contributed by atoms with E-state index in [0.29, 0.717) is 12.2 Å². The molecule has 2 fully saturated rings. The number of piperidine rings is 1. The Kier molecular flexibility index (Phi) is 3.21. The lowest BCUT2D eigenvalue weighted by Crippen LogP contribution is -2.47. The highest BCUT2D eigenvalue weighted by Crippen LogP contribution is 2.27. The van der Waals surface area contributed by atoms with Gasteiger partial charge in [-0.1, -0.05) is 0 Å². The molecule has 0 radical (unpaired) electrons. The predicted octanol–water partition coefficient (Wildman–Crippen LogP) is 2.18. The predicted molar refractivity (Wildman–Crippen MR) is 69.9 cm³/mol. The van der Waals surface area contributed by atoms with Crippen molar-refractivity contribution in [2.45, 2.75) is 37.9 Å². The van der Waals surface area contributed by atoms with Crippen molar-refractivity contribution in [3.05, 3.63) is 24.5 Å². The molecular weight excluding hydrogens is 210 g/mol. The monoisotopic (exact) mass is 233 g/mol. The Labute approximate surface area is 104 Å². The number of rotatable bonds is 2. The van der Waals surface area contributed by atoms with Gasteiger partial charge in [0, 0.05) is 25.0 Å². The molecule has 94 valence electrons. The molecular formula is C14H23N3. The largest absolute Gasteiger partial charge is 0.350 e. The number of likely N-dealkylation sites (tertiary alicyclic amines) is 2. The summed E-state index contributed by atoms with van der Waals surface area (Å²) in [6, 6.07) is 4.97. The Morgan fingerprint density at radius 3 is 2.47 bits per heavy atom. The van der Waals surface area contributed by atoms with E-state index in [9.17, 15) is 0 Å². The lowest BCUT2D eigenvalue weighted by atomic mass is 10.0. The normalized spacial score (nSPS) is 32.1. The molecule has 0 aromatic carbocycles. The van der Waals surface area contributed by atoms with Gasteiger partial charge in [0.05, 0.1) is 6.17 Å². The molecule has 2 saturated heterocycles. The van der Waals surface area contributed by atoms with Crippen molar-refractivity contribution >= 4 is 0 Å². The molecule has 0 spiro atoms. The van der Waals surface area contributed by atoms with E-state index < -0.39 is 0 Å². The SMILES string of the molecule is CN1CCCC1N1CCCC(n2cccc2)C1. The fourth-order valence-electron chi connectivity index (χ4n) is 3.44. The Hall–Kier alpha value is -0.800. The molecule has 1 aromatic heterocycles. The van der Waals surface area contributed by atoms with E-state index in [0.717, 1.165) is 0 Å². The number of hydrogen-bond acceptors (Lipinski definition) is 2. The van der Waals surface area contributed by atoms with Gasteiger partial charge in [-0.25, -0.2) is 0 Å². The summed E-state index contributed by atoms with van der Waals surface area (Å²) in [4.78, 5) is 5.22. The van der Waals surface area contributed by atoms with E-state index in [4.69, 9.17) is 0 Å². The lowest BCUT2D eigenvalue weighted by Gasteiger charge is -2.39. The van der Waals surface area contributed by atoms with Crippen LogP contribution in [0.1, 0.15) is 31.7 Å². The van der Waals surface area contributed by atoms with Gasteiger partial charge in [-0.15, -0.1) is 0 Å². The van der Waals surface area contributed by atoms with Gasteiger partial charge in [-0.3, -0.25) is 9.80 Å². The number of hydrogen-bond donors (Lipinski definition) is 0. The van der Waals surface area contributed by atoms with E-state index in [2.05, 4.69) is 45.9 Å². The van der Waals surface area contributed by atoms with Crippen molar-refractivity contribution < 1.29 is 0 Å². The first-order valence-electron chi connectivity index (χ1n) is 6.91. The quantitative estimate of drug-likeness (QED) is 0.775. The van der Waals surface area contributed by atoms with Crippen LogP contribution < -0.4 is 0 Å². The second-order valence-electron chi connectivity index (χ2n) is 5.52. The fraction of sp³-hybridized carbons (Fsp3) is 0.714. The molecule has 0 aliphatic carbocycles. The first-order chi connectivity index (χ1) is 8.34. The summed E-state index contributed by atoms with van der Waals surface area (Å²) in [6.45, 7) is 3.78. The molecule has 0 amide bonds. The molecule has 2 atom stereocenters. The third-order valence-corrected chi connectivity index (χ3v) is 4.38. The number of aromatic nitrogens is 1. The molecule has 0 saturated carbocycles. The van der Waals surface area contributed by atoms with Gasteiger partial charge in [-0.2, -0.15) is 0 Å². The first kappa shape index (κ1) is 11.3. The summed E-state index contributed by atoms with van der Waals surface area (Å²) >= 11 is 0. The molecule has 3 rings (SSSR count). The maximum Gasteiger partial charge on any atom is 0.0621 e. The average molecular weight is 233 g/mol. The van der Waals surface area contributed by atoms with Crippen molar-refractivity contribution in [1.29, 1.82) is 0 Å². The summed E-state index contributed by atoms with van der Waals surface area (Å²) in [5.41, 5.74) is 0. The number of nitrogens with zero attached hydrogens (tertiary/aromatic N) is 3. The van der Waals surface area contributed by atoms with Crippen LogP contribution in [0.15, 0.2) is 24.5 Å². The van der Waals surface area contributed by atoms with Crippen LogP contribution in [0, 0.1) is 0 Å². The Bertz CT molecular complexity index is 346. The molecule has 2 aliphatic rings. The summed E-state index contributed by atoms with van der Waals surface area (Å²) in [7, 11) is 2.27. The molecule has 2 unspecified atom stereocenters. The van der Waals surface area contributed by atoms with Crippen LogP contribution in [0.5, 0.6) is 0 Å². The van der Waals surface area contributed by atoms with Crippen LogP contribution in [0.4, 0.5) is 0 Å². The molecule has 17 heavy (non-hydrogen) atoms. The highest BCUT2D eigenvalue weighted by molar-refractivity contribution is 4.95. The zero-order chi connectivity index (χ0) is 11.7. The zero-order valence-corrected chi connectivity index (χ0v) is 10.8. The Balaban J connectivity index is 1.67. The Morgan fingerprint density at radius 1 is 1.00 bits per heavy atom. The summed E-state index contributed by atoms with van der Waals surface area (Å²) in [5, 5.41) is 0. The van der Waals surface area contributed by atoms with E-state index in [1.807, 2.05) is 0 Å². The third-order valence-electron chi connectivity index (χ3n) is 4.38. The fourth-order valence-corrected chi connectivity index (χ4v) is 3.44. The molecule has 3 heteroatoms. The van der Waals surface area contributed by atoms with Gasteiger partial charge < -0.3 is 4.57 Å². The van der Waals surface area contributed by atoms with Crippen molar-refractivity contribution in [2.75, 3.05) is 26.7 Å². The smallest absolute Gasteiger partial charge is 0.0621 e. The van der Waals surface area contributed by atoms with Crippen LogP contribution in [-0.2, 0) is 0 Å². The van der Waals surface area contributed by atoms with Gasteiger partial charge in [0.25, 0.3) is 0 Å². The van der Waals surface area contributed by atoms with Crippen LogP contribution in [-0.4, -0.2) is 47.2 Å². The molecule has 0 N–H and O–H groups in total. The second-order valence-corrected chi connectivity index (χ2v) is 5.52. The third kappa shape index (κ3) is 2.26. The summed E-state index contributed by atoms with van der Waals surface area (Å²) in [6.07, 6.45) is 10.5. The average Bonchev–Trinajstić information content (AvgIpc) is 2.99. The molecule has 1 aromatic rings. The van der Waals surface area contributed by atoms with E-state index in [-0.39, 0.29) is 0 Å². The van der Waals surface area contributed by atoms with Crippen LogP contribution in [0.25, 0.3) is 0 Å². The molecule has 3 heterocycles. The van der Waals surface area contributed by atoms with Crippen molar-refractivity contribution in [3.63, 3.8) is 0 Å². The second kappa shape index (κ2) is 4.83. The topological polar surface area (TPSA) is 11.4 Å². The minimum absolute atomic E-state index is 0.688. The highest BCUT2D eigenvalue weighted by Gasteiger charge is 2.31. The van der Waals surface area contributed by atoms with Gasteiger partial charge in [0.1, 0.15) is 0 Å². The van der Waals surface area contributed by atoms with Gasteiger partial charge in [0.15, 0.2) is 0 Å². The van der Waals surface area contributed by atoms with Gasteiger partial charge >= 0.3 is 0 Å². The lowest BCUT2D eigenvalue weighted by molar-refractivity contribution is 0.0549. The van der Waals surface area contributed by atoms with E-state index >= 15 is 0 Å². The van der Waals surface area contributed by atoms with E-state index in [1.165, 1.54) is 45.3 Å². The molecule has 0 bridgehead atoms. The van der Waals surface area contributed by atoms with E-state index in [1.54, 1.807) is 0 Å².